The van der Waals surface area contributed by atoms with Crippen LogP contribution in [0.5, 0.6) is 0 Å². The molecule has 9 nitrogen and oxygen atoms in total. The van der Waals surface area contributed by atoms with Crippen LogP contribution in [0.2, 0.25) is 0 Å². The molecule has 0 radical (unpaired) electrons. The summed E-state index contributed by atoms with van der Waals surface area (Å²) in [6.07, 6.45) is -0.324. The Morgan fingerprint density at radius 1 is 0.952 bits per heavy atom. The van der Waals surface area contributed by atoms with Gasteiger partial charge in [0.1, 0.15) is 0 Å². The molecular formula is C10H18N4Na2O5. The Hall–Kier alpha value is 0.290. The Morgan fingerprint density at radius 2 is 1.48 bits per heavy atom. The topological polar surface area (TPSA) is 159 Å². The van der Waals surface area contributed by atoms with Crippen molar-refractivity contribution in [1.82, 2.24) is 16.0 Å². The molecule has 0 aliphatic carbocycles. The smallest absolute Gasteiger partial charge is 0.549 e. The molecule has 1 atom stereocenters. The monoisotopic (exact) mass is 320 g/mol. The molecule has 1 amide bonds. The number of carbonyl (C=O) groups excluding carboxylic acids is 3. The summed E-state index contributed by atoms with van der Waals surface area (Å²) in [5.74, 6) is -3.28. The zero-order chi connectivity index (χ0) is 14.7. The van der Waals surface area contributed by atoms with Crippen LogP contribution in [0.1, 0.15) is 6.42 Å². The zero-order valence-electron chi connectivity index (χ0n) is 12.4. The first-order valence-corrected chi connectivity index (χ1v) is 5.77. The second-order valence-corrected chi connectivity index (χ2v) is 3.79. The minimum Gasteiger partial charge on any atom is -0.549 e. The first-order chi connectivity index (χ1) is 8.93. The molecule has 0 rings (SSSR count). The van der Waals surface area contributed by atoms with E-state index in [-0.39, 0.29) is 72.1 Å². The van der Waals surface area contributed by atoms with E-state index in [1.165, 1.54) is 0 Å². The molecule has 0 aromatic heterocycles. The molecular weight excluding hydrogens is 302 g/mol. The maximum atomic E-state index is 10.6. The van der Waals surface area contributed by atoms with Crippen molar-refractivity contribution in [2.75, 3.05) is 32.7 Å². The Balaban J connectivity index is -0.00000162. The van der Waals surface area contributed by atoms with Gasteiger partial charge in [-0.05, 0) is 0 Å². The molecule has 1 unspecified atom stereocenters. The molecule has 110 valence electrons. The van der Waals surface area contributed by atoms with Crippen molar-refractivity contribution in [2.24, 2.45) is 5.73 Å². The van der Waals surface area contributed by atoms with E-state index in [2.05, 4.69) is 16.0 Å². The van der Waals surface area contributed by atoms with Crippen molar-refractivity contribution >= 4 is 17.8 Å². The SMILES string of the molecule is NC(=O)CC(NCCNCCNCC(=O)[O-])C(=O)[O-].[Na+].[Na+]. The van der Waals surface area contributed by atoms with Crippen LogP contribution in [0.4, 0.5) is 0 Å². The Kier molecular flexibility index (Phi) is 20.8. The summed E-state index contributed by atoms with van der Waals surface area (Å²) in [4.78, 5) is 31.3. The molecule has 21 heavy (non-hydrogen) atoms. The Morgan fingerprint density at radius 3 is 1.95 bits per heavy atom. The van der Waals surface area contributed by atoms with Crippen LogP contribution in [0.25, 0.3) is 0 Å². The van der Waals surface area contributed by atoms with Crippen LogP contribution in [0.15, 0.2) is 0 Å². The summed E-state index contributed by atoms with van der Waals surface area (Å²) in [5.41, 5.74) is 4.89. The fraction of sp³-hybridized carbons (Fsp3) is 0.700. The molecule has 11 heteroatoms. The summed E-state index contributed by atoms with van der Waals surface area (Å²) >= 11 is 0. The van der Waals surface area contributed by atoms with E-state index in [4.69, 9.17) is 5.73 Å². The summed E-state index contributed by atoms with van der Waals surface area (Å²) < 4.78 is 0. The molecule has 5 N–H and O–H groups in total. The normalized spacial score (nSPS) is 10.9. The minimum atomic E-state index is -1.38. The maximum Gasteiger partial charge on any atom is 1.00 e. The van der Waals surface area contributed by atoms with Gasteiger partial charge in [-0.2, -0.15) is 0 Å². The van der Waals surface area contributed by atoms with Gasteiger partial charge >= 0.3 is 59.1 Å². The molecule has 0 aliphatic rings. The van der Waals surface area contributed by atoms with Crippen LogP contribution in [-0.4, -0.2) is 56.6 Å². The molecule has 0 aromatic carbocycles. The number of rotatable bonds is 12. The van der Waals surface area contributed by atoms with E-state index in [0.717, 1.165) is 0 Å². The average molecular weight is 320 g/mol. The number of nitrogens with one attached hydrogen (secondary N) is 3. The van der Waals surface area contributed by atoms with Crippen LogP contribution in [0.3, 0.4) is 0 Å². The van der Waals surface area contributed by atoms with Gasteiger partial charge < -0.3 is 41.5 Å². The maximum absolute atomic E-state index is 10.6. The fourth-order valence-electron chi connectivity index (χ4n) is 1.27. The van der Waals surface area contributed by atoms with E-state index < -0.39 is 23.9 Å². The van der Waals surface area contributed by atoms with Gasteiger partial charge in [0.15, 0.2) is 0 Å². The van der Waals surface area contributed by atoms with Crippen LogP contribution in [-0.2, 0) is 14.4 Å². The van der Waals surface area contributed by atoms with E-state index in [0.29, 0.717) is 26.2 Å². The third kappa shape index (κ3) is 18.2. The fourth-order valence-corrected chi connectivity index (χ4v) is 1.27. The second kappa shape index (κ2) is 16.7. The molecule has 0 bridgehead atoms. The van der Waals surface area contributed by atoms with Crippen molar-refractivity contribution in [3.05, 3.63) is 0 Å². The van der Waals surface area contributed by atoms with Gasteiger partial charge in [-0.25, -0.2) is 0 Å². The van der Waals surface area contributed by atoms with Crippen molar-refractivity contribution < 1.29 is 83.7 Å². The predicted molar refractivity (Wildman–Crippen MR) is 61.4 cm³/mol. The number of hydrogen-bond acceptors (Lipinski definition) is 8. The van der Waals surface area contributed by atoms with E-state index in [9.17, 15) is 24.6 Å². The molecule has 0 heterocycles. The third-order valence-electron chi connectivity index (χ3n) is 2.13. The molecule has 0 spiro atoms. The van der Waals surface area contributed by atoms with Gasteiger partial charge in [-0.1, -0.05) is 0 Å². The van der Waals surface area contributed by atoms with Gasteiger partial charge in [0, 0.05) is 39.1 Å². The summed E-state index contributed by atoms with van der Waals surface area (Å²) in [5, 5.41) is 28.9. The first-order valence-electron chi connectivity index (χ1n) is 5.77. The van der Waals surface area contributed by atoms with Crippen molar-refractivity contribution in [2.45, 2.75) is 12.5 Å². The molecule has 0 saturated carbocycles. The van der Waals surface area contributed by atoms with Crippen LogP contribution < -0.4 is 91.0 Å². The number of nitrogens with two attached hydrogens (primary N) is 1. The summed E-state index contributed by atoms with van der Waals surface area (Å²) in [6, 6.07) is -1.10. The van der Waals surface area contributed by atoms with Crippen molar-refractivity contribution in [3.63, 3.8) is 0 Å². The Bertz CT molecular complexity index is 320. The van der Waals surface area contributed by atoms with Gasteiger partial charge in [-0.15, -0.1) is 0 Å². The molecule has 0 aliphatic heterocycles. The number of primary amides is 1. The zero-order valence-corrected chi connectivity index (χ0v) is 16.4. The number of carbonyl (C=O) groups is 3. The number of hydrogen-bond donors (Lipinski definition) is 4. The van der Waals surface area contributed by atoms with E-state index in [1.807, 2.05) is 0 Å². The number of carboxylic acids is 2. The van der Waals surface area contributed by atoms with E-state index in [1.54, 1.807) is 0 Å². The van der Waals surface area contributed by atoms with Gasteiger partial charge in [0.2, 0.25) is 5.91 Å². The quantitative estimate of drug-likeness (QED) is 0.204. The number of carboxylic acid groups (broad SMARTS) is 2. The third-order valence-corrected chi connectivity index (χ3v) is 2.13. The standard InChI is InChI=1S/C10H20N4O5.2Na/c11-8(15)5-7(10(18)19)14-4-3-12-1-2-13-6-9(16)17;;/h7,12-14H,1-6H2,(H2,11,15)(H,16,17)(H,18,19);;/q;2*+1/p-2. The largest absolute Gasteiger partial charge is 1.00 e. The van der Waals surface area contributed by atoms with Gasteiger partial charge in [0.05, 0.1) is 18.0 Å². The molecule has 0 saturated heterocycles. The molecule has 0 fully saturated rings. The second-order valence-electron chi connectivity index (χ2n) is 3.79. The Labute approximate surface area is 167 Å². The average Bonchev–Trinajstić information content (AvgIpc) is 2.29. The van der Waals surface area contributed by atoms with Gasteiger partial charge in [-0.3, -0.25) is 4.79 Å². The molecule has 0 aromatic rings. The van der Waals surface area contributed by atoms with Crippen LogP contribution >= 0.6 is 0 Å². The predicted octanol–water partition coefficient (Wildman–Crippen LogP) is -11.5. The van der Waals surface area contributed by atoms with Crippen molar-refractivity contribution in [1.29, 1.82) is 0 Å². The summed E-state index contributed by atoms with van der Waals surface area (Å²) in [7, 11) is 0. The van der Waals surface area contributed by atoms with Crippen molar-refractivity contribution in [3.8, 4) is 0 Å². The summed E-state index contributed by atoms with van der Waals surface area (Å²) in [6.45, 7) is 1.51. The first kappa shape index (κ1) is 26.2. The number of amides is 1. The minimum absolute atomic E-state index is 0. The number of aliphatic carboxylic acids is 2. The van der Waals surface area contributed by atoms with E-state index >= 15 is 0 Å². The van der Waals surface area contributed by atoms with Crippen LogP contribution in [0, 0.1) is 0 Å². The van der Waals surface area contributed by atoms with Gasteiger partial charge in [0.25, 0.3) is 0 Å².